The Kier molecular flexibility index (Phi) is 4.16. The smallest absolute Gasteiger partial charge is 0.166 e. The molecular formula is C12H9N2O3S-. The standard InChI is InChI=1S/C12H10N2O3S/c15-18(16)17-12-9-5-4-8-11(12)14-13-10-6-2-1-3-7-10/h1-9H,(H,15,16)/p-1. The maximum atomic E-state index is 10.5. The summed E-state index contributed by atoms with van der Waals surface area (Å²) >= 11 is -2.63. The van der Waals surface area contributed by atoms with Crippen molar-refractivity contribution >= 4 is 22.7 Å². The number of hydrogen-bond acceptors (Lipinski definition) is 5. The zero-order valence-electron chi connectivity index (χ0n) is 9.22. The average Bonchev–Trinajstić information content (AvgIpc) is 2.38. The lowest BCUT2D eigenvalue weighted by Gasteiger charge is -2.08. The monoisotopic (exact) mass is 261 g/mol. The molecule has 92 valence electrons. The highest BCUT2D eigenvalue weighted by Gasteiger charge is 2.01. The van der Waals surface area contributed by atoms with Gasteiger partial charge in [-0.05, 0) is 24.3 Å². The third-order valence-corrected chi connectivity index (χ3v) is 2.37. The molecule has 0 aliphatic carbocycles. The SMILES string of the molecule is O=S([O-])Oc1ccccc1N=Nc1ccccc1. The first-order valence-electron chi connectivity index (χ1n) is 5.09. The van der Waals surface area contributed by atoms with E-state index in [4.69, 9.17) is 0 Å². The van der Waals surface area contributed by atoms with Crippen LogP contribution in [0.1, 0.15) is 0 Å². The Balaban J connectivity index is 2.23. The van der Waals surface area contributed by atoms with E-state index in [1.54, 1.807) is 30.3 Å². The van der Waals surface area contributed by atoms with Crippen molar-refractivity contribution in [3.63, 3.8) is 0 Å². The molecule has 0 N–H and O–H groups in total. The molecule has 1 atom stereocenters. The summed E-state index contributed by atoms with van der Waals surface area (Å²) in [5, 5.41) is 7.94. The molecule has 6 heteroatoms. The predicted octanol–water partition coefficient (Wildman–Crippen LogP) is 3.27. The summed E-state index contributed by atoms with van der Waals surface area (Å²) in [5.41, 5.74) is 1.03. The van der Waals surface area contributed by atoms with E-state index in [2.05, 4.69) is 14.4 Å². The molecule has 0 heterocycles. The minimum Gasteiger partial charge on any atom is -0.740 e. The van der Waals surface area contributed by atoms with E-state index in [-0.39, 0.29) is 5.75 Å². The highest BCUT2D eigenvalue weighted by molar-refractivity contribution is 7.74. The quantitative estimate of drug-likeness (QED) is 0.626. The third-order valence-electron chi connectivity index (χ3n) is 2.05. The van der Waals surface area contributed by atoms with E-state index in [0.29, 0.717) is 11.4 Å². The Hall–Kier alpha value is -2.05. The Bertz CT molecular complexity index is 573. The van der Waals surface area contributed by atoms with Crippen molar-refractivity contribution in [3.8, 4) is 5.75 Å². The Labute approximate surface area is 107 Å². The second-order valence-electron chi connectivity index (χ2n) is 3.29. The number of para-hydroxylation sites is 1. The molecule has 2 rings (SSSR count). The second-order valence-corrected chi connectivity index (χ2v) is 3.87. The maximum Gasteiger partial charge on any atom is 0.166 e. The Morgan fingerprint density at radius 3 is 2.33 bits per heavy atom. The van der Waals surface area contributed by atoms with Crippen LogP contribution >= 0.6 is 0 Å². The van der Waals surface area contributed by atoms with Gasteiger partial charge >= 0.3 is 0 Å². The fourth-order valence-corrected chi connectivity index (χ4v) is 1.58. The first-order chi connectivity index (χ1) is 8.75. The first-order valence-corrected chi connectivity index (χ1v) is 6.09. The summed E-state index contributed by atoms with van der Waals surface area (Å²) in [6.07, 6.45) is 0. The highest BCUT2D eigenvalue weighted by atomic mass is 32.2. The largest absolute Gasteiger partial charge is 0.740 e. The number of hydrogen-bond donors (Lipinski definition) is 0. The van der Waals surface area contributed by atoms with Gasteiger partial charge in [0.25, 0.3) is 0 Å². The fourth-order valence-electron chi connectivity index (χ4n) is 1.29. The van der Waals surface area contributed by atoms with Crippen LogP contribution in [-0.4, -0.2) is 8.76 Å². The van der Waals surface area contributed by atoms with Crippen LogP contribution in [-0.2, 0) is 11.4 Å². The Morgan fingerprint density at radius 1 is 0.944 bits per heavy atom. The lowest BCUT2D eigenvalue weighted by atomic mass is 10.3. The summed E-state index contributed by atoms with van der Waals surface area (Å²) in [4.78, 5) is 0. The lowest BCUT2D eigenvalue weighted by molar-refractivity contribution is 0.440. The fraction of sp³-hybridized carbons (Fsp3) is 0. The normalized spacial score (nSPS) is 12.5. The maximum absolute atomic E-state index is 10.5. The van der Waals surface area contributed by atoms with Crippen molar-refractivity contribution in [2.45, 2.75) is 0 Å². The molecule has 0 aliphatic heterocycles. The van der Waals surface area contributed by atoms with Crippen LogP contribution < -0.4 is 4.18 Å². The number of benzene rings is 2. The number of rotatable bonds is 4. The van der Waals surface area contributed by atoms with Crippen molar-refractivity contribution in [2.75, 3.05) is 0 Å². The molecular weight excluding hydrogens is 252 g/mol. The van der Waals surface area contributed by atoms with Gasteiger partial charge in [0.05, 0.1) is 5.69 Å². The van der Waals surface area contributed by atoms with Crippen LogP contribution in [0.25, 0.3) is 0 Å². The van der Waals surface area contributed by atoms with Crippen molar-refractivity contribution < 1.29 is 12.9 Å². The summed E-state index contributed by atoms with van der Waals surface area (Å²) in [6, 6.07) is 15.6. The molecule has 2 aromatic rings. The Morgan fingerprint density at radius 2 is 1.61 bits per heavy atom. The van der Waals surface area contributed by atoms with E-state index in [9.17, 15) is 8.76 Å². The van der Waals surface area contributed by atoms with Gasteiger partial charge in [0, 0.05) is 0 Å². The number of nitrogens with zero attached hydrogens (tertiary/aromatic N) is 2. The predicted molar refractivity (Wildman–Crippen MR) is 66.6 cm³/mol. The van der Waals surface area contributed by atoms with Gasteiger partial charge in [-0.1, -0.05) is 30.3 Å². The highest BCUT2D eigenvalue weighted by Crippen LogP contribution is 2.28. The molecule has 0 aliphatic rings. The summed E-state index contributed by atoms with van der Waals surface area (Å²) in [7, 11) is 0. The molecule has 1 unspecified atom stereocenters. The van der Waals surface area contributed by atoms with Crippen LogP contribution in [0.4, 0.5) is 11.4 Å². The summed E-state index contributed by atoms with van der Waals surface area (Å²) < 4.78 is 25.6. The molecule has 18 heavy (non-hydrogen) atoms. The molecule has 0 bridgehead atoms. The molecule has 0 radical (unpaired) electrons. The van der Waals surface area contributed by atoms with Gasteiger partial charge in [-0.25, -0.2) is 4.21 Å². The van der Waals surface area contributed by atoms with Crippen molar-refractivity contribution in [2.24, 2.45) is 10.2 Å². The zero-order valence-corrected chi connectivity index (χ0v) is 10.0. The summed E-state index contributed by atoms with van der Waals surface area (Å²) in [5.74, 6) is 0.144. The van der Waals surface area contributed by atoms with E-state index in [1.165, 1.54) is 6.07 Å². The second kappa shape index (κ2) is 6.04. The van der Waals surface area contributed by atoms with Crippen molar-refractivity contribution in [1.29, 1.82) is 0 Å². The molecule has 0 amide bonds. The average molecular weight is 261 g/mol. The molecule has 0 spiro atoms. The van der Waals surface area contributed by atoms with Crippen LogP contribution in [0.15, 0.2) is 64.8 Å². The topological polar surface area (TPSA) is 74.1 Å². The first kappa shape index (κ1) is 12.4. The minimum absolute atomic E-state index is 0.144. The molecule has 0 fully saturated rings. The van der Waals surface area contributed by atoms with E-state index >= 15 is 0 Å². The molecule has 0 saturated carbocycles. The van der Waals surface area contributed by atoms with E-state index in [1.807, 2.05) is 18.2 Å². The van der Waals surface area contributed by atoms with Gasteiger partial charge in [0.2, 0.25) is 0 Å². The molecule has 0 aromatic heterocycles. The zero-order chi connectivity index (χ0) is 12.8. The molecule has 2 aromatic carbocycles. The van der Waals surface area contributed by atoms with Crippen molar-refractivity contribution in [3.05, 3.63) is 54.6 Å². The van der Waals surface area contributed by atoms with Crippen molar-refractivity contribution in [1.82, 2.24) is 0 Å². The van der Waals surface area contributed by atoms with Crippen LogP contribution in [0, 0.1) is 0 Å². The molecule has 5 nitrogen and oxygen atoms in total. The van der Waals surface area contributed by atoms with E-state index in [0.717, 1.165) is 0 Å². The minimum atomic E-state index is -2.63. The molecule has 0 saturated heterocycles. The van der Waals surface area contributed by atoms with Crippen LogP contribution in [0.2, 0.25) is 0 Å². The van der Waals surface area contributed by atoms with Gasteiger partial charge in [-0.15, -0.1) is 5.11 Å². The number of azo groups is 1. The van der Waals surface area contributed by atoms with Gasteiger partial charge in [0.15, 0.2) is 5.75 Å². The van der Waals surface area contributed by atoms with Gasteiger partial charge in [-0.3, -0.25) is 0 Å². The van der Waals surface area contributed by atoms with Gasteiger partial charge in [-0.2, -0.15) is 5.11 Å². The van der Waals surface area contributed by atoms with Gasteiger partial charge in [0.1, 0.15) is 17.0 Å². The van der Waals surface area contributed by atoms with Crippen LogP contribution in [0.3, 0.4) is 0 Å². The summed E-state index contributed by atoms with van der Waals surface area (Å²) in [6.45, 7) is 0. The third kappa shape index (κ3) is 3.47. The lowest BCUT2D eigenvalue weighted by Crippen LogP contribution is -1.97. The van der Waals surface area contributed by atoms with Crippen LogP contribution in [0.5, 0.6) is 5.75 Å². The van der Waals surface area contributed by atoms with E-state index < -0.39 is 11.4 Å². The van der Waals surface area contributed by atoms with Gasteiger partial charge < -0.3 is 8.74 Å².